The first-order chi connectivity index (χ1) is 6.50. The molecule has 0 nitrogen and oxygen atoms in total. The maximum Gasteiger partial charge on any atom is -0.0386 e. The van der Waals surface area contributed by atoms with Gasteiger partial charge in [0.25, 0.3) is 0 Å². The molecular weight excluding hydrogens is 156 g/mol. The Morgan fingerprint density at radius 2 is 0.692 bits per heavy atom. The molecule has 0 amide bonds. The highest BCUT2D eigenvalue weighted by atomic mass is 14.0. The molecule has 1 saturated carbocycles. The molecule has 0 aromatic carbocycles. The highest BCUT2D eigenvalue weighted by Crippen LogP contribution is 2.14. The normalized spacial score (nSPS) is 24.0. The zero-order valence-corrected chi connectivity index (χ0v) is 8.93. The molecule has 0 aliphatic heterocycles. The summed E-state index contributed by atoms with van der Waals surface area (Å²) in [6.45, 7) is 0. The third-order valence-electron chi connectivity index (χ3n) is 2.88. The van der Waals surface area contributed by atoms with Gasteiger partial charge < -0.3 is 0 Å². The minimum atomic E-state index is 1.36. The van der Waals surface area contributed by atoms with Crippen molar-refractivity contribution >= 4 is 0 Å². The summed E-state index contributed by atoms with van der Waals surface area (Å²) in [6, 6.07) is 0. The lowest BCUT2D eigenvalue weighted by molar-refractivity contribution is 0.624. The van der Waals surface area contributed by atoms with E-state index < -0.39 is 0 Å². The van der Waals surface area contributed by atoms with Crippen molar-refractivity contribution in [2.75, 3.05) is 0 Å². The van der Waals surface area contributed by atoms with Gasteiger partial charge in [0.1, 0.15) is 0 Å². The van der Waals surface area contributed by atoms with Crippen molar-refractivity contribution in [1.82, 2.24) is 0 Å². The van der Waals surface area contributed by atoms with Crippen molar-refractivity contribution in [3.05, 3.63) is 12.8 Å². The Morgan fingerprint density at radius 3 is 1.08 bits per heavy atom. The molecule has 1 aliphatic rings. The predicted molar refractivity (Wildman–Crippen MR) is 59.4 cm³/mol. The molecule has 76 valence electrons. The molecule has 0 saturated heterocycles. The topological polar surface area (TPSA) is 0 Å². The van der Waals surface area contributed by atoms with Gasteiger partial charge in [-0.15, -0.1) is 0 Å². The van der Waals surface area contributed by atoms with Crippen LogP contribution in [-0.4, -0.2) is 0 Å². The highest BCUT2D eigenvalue weighted by Gasteiger charge is 1.96. The van der Waals surface area contributed by atoms with Crippen LogP contribution in [0.4, 0.5) is 0 Å². The molecule has 0 spiro atoms. The van der Waals surface area contributed by atoms with Crippen molar-refractivity contribution in [3.63, 3.8) is 0 Å². The van der Waals surface area contributed by atoms with Crippen molar-refractivity contribution < 1.29 is 0 Å². The molecule has 0 atom stereocenters. The second-order valence-corrected chi connectivity index (χ2v) is 4.21. The van der Waals surface area contributed by atoms with E-state index in [2.05, 4.69) is 12.8 Å². The zero-order valence-electron chi connectivity index (χ0n) is 8.93. The second-order valence-electron chi connectivity index (χ2n) is 4.21. The van der Waals surface area contributed by atoms with Crippen LogP contribution in [0.3, 0.4) is 0 Å². The predicted octanol–water partition coefficient (Wildman–Crippen LogP) is 4.70. The van der Waals surface area contributed by atoms with Crippen LogP contribution in [0.15, 0.2) is 0 Å². The molecule has 0 N–H and O–H groups in total. The van der Waals surface area contributed by atoms with Gasteiger partial charge in [0.05, 0.1) is 0 Å². The van der Waals surface area contributed by atoms with Gasteiger partial charge in [-0.3, -0.25) is 0 Å². The van der Waals surface area contributed by atoms with Crippen molar-refractivity contribution in [2.24, 2.45) is 0 Å². The fraction of sp³-hybridized carbons (Fsp3) is 0.846. The lowest BCUT2D eigenvalue weighted by Gasteiger charge is -1.99. The van der Waals surface area contributed by atoms with Gasteiger partial charge in [0, 0.05) is 0 Å². The molecule has 0 aromatic rings. The minimum absolute atomic E-state index is 1.36. The van der Waals surface area contributed by atoms with Crippen LogP contribution in [-0.2, 0) is 0 Å². The molecule has 0 aromatic heterocycles. The SMILES string of the molecule is [CH]1CCCCC[CH]CCCCCC1. The molecule has 0 heteroatoms. The molecule has 2 radical (unpaired) electrons. The minimum Gasteiger partial charge on any atom is -0.0533 e. The van der Waals surface area contributed by atoms with E-state index in [1.165, 1.54) is 70.6 Å². The monoisotopic (exact) mass is 180 g/mol. The average molecular weight is 180 g/mol. The molecule has 1 rings (SSSR count). The van der Waals surface area contributed by atoms with E-state index in [-0.39, 0.29) is 0 Å². The lowest BCUT2D eigenvalue weighted by Crippen LogP contribution is -1.81. The average Bonchev–Trinajstić information content (AvgIpc) is 2.18. The Kier molecular flexibility index (Phi) is 7.32. The number of rotatable bonds is 0. The summed E-state index contributed by atoms with van der Waals surface area (Å²) >= 11 is 0. The molecule has 0 heterocycles. The summed E-state index contributed by atoms with van der Waals surface area (Å²) < 4.78 is 0. The van der Waals surface area contributed by atoms with E-state index in [9.17, 15) is 0 Å². The van der Waals surface area contributed by atoms with Crippen LogP contribution in [0.1, 0.15) is 70.6 Å². The maximum atomic E-state index is 2.50. The van der Waals surface area contributed by atoms with E-state index in [1.54, 1.807) is 0 Å². The van der Waals surface area contributed by atoms with E-state index in [4.69, 9.17) is 0 Å². The first-order valence-corrected chi connectivity index (χ1v) is 6.13. The third-order valence-corrected chi connectivity index (χ3v) is 2.88. The van der Waals surface area contributed by atoms with Gasteiger partial charge >= 0.3 is 0 Å². The molecule has 0 bridgehead atoms. The molecule has 13 heavy (non-hydrogen) atoms. The molecule has 0 unspecified atom stereocenters. The van der Waals surface area contributed by atoms with Gasteiger partial charge in [-0.25, -0.2) is 0 Å². The smallest absolute Gasteiger partial charge is 0.0386 e. The molecule has 1 aliphatic carbocycles. The van der Waals surface area contributed by atoms with Crippen molar-refractivity contribution in [3.8, 4) is 0 Å². The van der Waals surface area contributed by atoms with Crippen LogP contribution >= 0.6 is 0 Å². The Bertz CT molecular complexity index is 48.1. The lowest BCUT2D eigenvalue weighted by atomic mass is 10.1. The van der Waals surface area contributed by atoms with Crippen molar-refractivity contribution in [2.45, 2.75) is 70.6 Å². The Hall–Kier alpha value is 0. The highest BCUT2D eigenvalue weighted by molar-refractivity contribution is 4.69. The largest absolute Gasteiger partial charge is 0.0533 e. The van der Waals surface area contributed by atoms with Crippen molar-refractivity contribution in [1.29, 1.82) is 0 Å². The van der Waals surface area contributed by atoms with E-state index in [1.807, 2.05) is 0 Å². The molecular formula is C13H24. The quantitative estimate of drug-likeness (QED) is 0.507. The van der Waals surface area contributed by atoms with Crippen LogP contribution in [0.5, 0.6) is 0 Å². The Labute approximate surface area is 84.1 Å². The standard InChI is InChI=1S/C13H24/c1-2-4-6-8-10-12-13-11-9-7-5-3-1/h1,12H,2-11,13H2. The Morgan fingerprint density at radius 1 is 0.385 bits per heavy atom. The zero-order chi connectivity index (χ0) is 9.19. The first kappa shape index (κ1) is 11.1. The first-order valence-electron chi connectivity index (χ1n) is 6.13. The molecule has 1 fully saturated rings. The fourth-order valence-corrected chi connectivity index (χ4v) is 1.97. The summed E-state index contributed by atoms with van der Waals surface area (Å²) in [5.74, 6) is 0. The van der Waals surface area contributed by atoms with E-state index >= 15 is 0 Å². The summed E-state index contributed by atoms with van der Waals surface area (Å²) in [7, 11) is 0. The van der Waals surface area contributed by atoms with Gasteiger partial charge in [0.15, 0.2) is 0 Å². The second kappa shape index (κ2) is 8.59. The van der Waals surface area contributed by atoms with Gasteiger partial charge in [-0.1, -0.05) is 70.6 Å². The number of hydrogen-bond acceptors (Lipinski definition) is 0. The van der Waals surface area contributed by atoms with Crippen LogP contribution in [0.25, 0.3) is 0 Å². The summed E-state index contributed by atoms with van der Waals surface area (Å²) in [5, 5.41) is 0. The van der Waals surface area contributed by atoms with Crippen LogP contribution in [0, 0.1) is 12.8 Å². The maximum absolute atomic E-state index is 2.50. The summed E-state index contributed by atoms with van der Waals surface area (Å²) in [5.41, 5.74) is 0. The Balaban J connectivity index is 2.01. The van der Waals surface area contributed by atoms with Gasteiger partial charge in [-0.05, 0) is 12.8 Å². The summed E-state index contributed by atoms with van der Waals surface area (Å²) in [4.78, 5) is 0. The number of hydrogen-bond donors (Lipinski definition) is 0. The van der Waals surface area contributed by atoms with Crippen LogP contribution < -0.4 is 0 Å². The van der Waals surface area contributed by atoms with Gasteiger partial charge in [0.2, 0.25) is 0 Å². The van der Waals surface area contributed by atoms with E-state index in [0.29, 0.717) is 0 Å². The fourth-order valence-electron chi connectivity index (χ4n) is 1.97. The third kappa shape index (κ3) is 7.10. The van der Waals surface area contributed by atoms with Gasteiger partial charge in [-0.2, -0.15) is 0 Å². The van der Waals surface area contributed by atoms with Crippen LogP contribution in [0.2, 0.25) is 0 Å². The van der Waals surface area contributed by atoms with E-state index in [0.717, 1.165) is 0 Å². The summed E-state index contributed by atoms with van der Waals surface area (Å²) in [6.07, 6.45) is 20.5.